The molecule has 2 aliphatic rings. The lowest BCUT2D eigenvalue weighted by atomic mass is 9.77. The molecule has 2 fully saturated rings. The van der Waals surface area contributed by atoms with Crippen LogP contribution >= 0.6 is 0 Å². The van der Waals surface area contributed by atoms with E-state index in [0.29, 0.717) is 24.7 Å². The Bertz CT molecular complexity index is 356. The van der Waals surface area contributed by atoms with Gasteiger partial charge in [0.1, 0.15) is 5.54 Å². The molecule has 1 aliphatic heterocycles. The molecule has 19 heavy (non-hydrogen) atoms. The van der Waals surface area contributed by atoms with Gasteiger partial charge in [-0.05, 0) is 37.5 Å². The van der Waals surface area contributed by atoms with Crippen molar-refractivity contribution in [1.82, 2.24) is 10.2 Å². The molecule has 0 aromatic carbocycles. The smallest absolute Gasteiger partial charge is 0.323 e. The number of aliphatic carboxylic acids is 1. The summed E-state index contributed by atoms with van der Waals surface area (Å²) in [4.78, 5) is 25.3. The van der Waals surface area contributed by atoms with Crippen molar-refractivity contribution in [3.63, 3.8) is 0 Å². The number of carbonyl (C=O) groups is 2. The molecule has 1 heterocycles. The number of hydrogen-bond acceptors (Lipinski definition) is 3. The summed E-state index contributed by atoms with van der Waals surface area (Å²) in [5, 5.41) is 12.2. The third-order valence-corrected chi connectivity index (χ3v) is 4.42. The summed E-state index contributed by atoms with van der Waals surface area (Å²) >= 11 is 0. The summed E-state index contributed by atoms with van der Waals surface area (Å²) in [6, 6.07) is 0. The van der Waals surface area contributed by atoms with Gasteiger partial charge in [0.15, 0.2) is 0 Å². The van der Waals surface area contributed by atoms with Crippen molar-refractivity contribution in [2.24, 2.45) is 11.8 Å². The second-order valence-electron chi connectivity index (χ2n) is 6.34. The molecule has 1 aliphatic carbocycles. The predicted molar refractivity (Wildman–Crippen MR) is 71.7 cm³/mol. The fourth-order valence-electron chi connectivity index (χ4n) is 3.22. The fraction of sp³-hybridized carbons (Fsp3) is 0.857. The summed E-state index contributed by atoms with van der Waals surface area (Å²) in [6.45, 7) is 6.06. The van der Waals surface area contributed by atoms with Gasteiger partial charge in [0.2, 0.25) is 5.91 Å². The van der Waals surface area contributed by atoms with Crippen molar-refractivity contribution in [1.29, 1.82) is 0 Å². The number of amides is 1. The molecule has 5 heteroatoms. The number of carbonyl (C=O) groups excluding carboxylic acids is 1. The minimum absolute atomic E-state index is 0.0333. The highest BCUT2D eigenvalue weighted by atomic mass is 16.4. The highest BCUT2D eigenvalue weighted by Crippen LogP contribution is 2.32. The van der Waals surface area contributed by atoms with Crippen molar-refractivity contribution >= 4 is 11.9 Å². The van der Waals surface area contributed by atoms with Crippen LogP contribution in [0.3, 0.4) is 0 Å². The Morgan fingerprint density at radius 1 is 1.26 bits per heavy atom. The third-order valence-electron chi connectivity index (χ3n) is 4.42. The standard InChI is InChI=1S/C14H24N2O3/c1-10-6-11(2)9-16(8-10)12(17)7-15-14(13(18)19)4-3-5-14/h10-11,15H,3-9H2,1-2H3,(H,18,19). The van der Waals surface area contributed by atoms with Crippen molar-refractivity contribution in [3.05, 3.63) is 0 Å². The molecule has 5 nitrogen and oxygen atoms in total. The van der Waals surface area contributed by atoms with E-state index >= 15 is 0 Å². The van der Waals surface area contributed by atoms with Crippen LogP contribution in [0.1, 0.15) is 39.5 Å². The minimum Gasteiger partial charge on any atom is -0.480 e. The van der Waals surface area contributed by atoms with Gasteiger partial charge in [0.25, 0.3) is 0 Å². The second-order valence-corrected chi connectivity index (χ2v) is 6.34. The fourth-order valence-corrected chi connectivity index (χ4v) is 3.22. The highest BCUT2D eigenvalue weighted by Gasteiger charge is 2.44. The number of piperidine rings is 1. The Kier molecular flexibility index (Phi) is 4.13. The Morgan fingerprint density at radius 3 is 2.26 bits per heavy atom. The lowest BCUT2D eigenvalue weighted by Crippen LogP contribution is -2.59. The monoisotopic (exact) mass is 268 g/mol. The molecular formula is C14H24N2O3. The van der Waals surface area contributed by atoms with Gasteiger partial charge in [0, 0.05) is 13.1 Å². The molecule has 0 aromatic heterocycles. The minimum atomic E-state index is -0.845. The van der Waals surface area contributed by atoms with E-state index < -0.39 is 11.5 Å². The Balaban J connectivity index is 1.85. The average Bonchev–Trinajstić information content (AvgIpc) is 2.25. The molecule has 1 saturated carbocycles. The van der Waals surface area contributed by atoms with Crippen molar-refractivity contribution in [2.75, 3.05) is 19.6 Å². The zero-order chi connectivity index (χ0) is 14.0. The van der Waals surface area contributed by atoms with Gasteiger partial charge >= 0.3 is 5.97 Å². The number of rotatable bonds is 4. The molecule has 0 spiro atoms. The number of nitrogens with zero attached hydrogens (tertiary/aromatic N) is 1. The molecule has 2 unspecified atom stereocenters. The van der Waals surface area contributed by atoms with Crippen LogP contribution in [0.5, 0.6) is 0 Å². The molecule has 2 N–H and O–H groups in total. The normalized spacial score (nSPS) is 29.7. The first-order valence-corrected chi connectivity index (χ1v) is 7.19. The molecule has 108 valence electrons. The summed E-state index contributed by atoms with van der Waals surface area (Å²) in [5.74, 6) is 0.271. The highest BCUT2D eigenvalue weighted by molar-refractivity contribution is 5.83. The quantitative estimate of drug-likeness (QED) is 0.800. The SMILES string of the molecule is CC1CC(C)CN(C(=O)CNC2(C(=O)O)CCC2)C1. The maximum Gasteiger partial charge on any atom is 0.323 e. The first-order valence-electron chi connectivity index (χ1n) is 7.19. The second kappa shape index (κ2) is 5.49. The zero-order valence-electron chi connectivity index (χ0n) is 11.8. The van der Waals surface area contributed by atoms with E-state index in [1.54, 1.807) is 0 Å². The van der Waals surface area contributed by atoms with Crippen LogP contribution < -0.4 is 5.32 Å². The van der Waals surface area contributed by atoms with Crippen LogP contribution in [0.4, 0.5) is 0 Å². The van der Waals surface area contributed by atoms with Crippen LogP contribution in [-0.4, -0.2) is 47.1 Å². The van der Waals surface area contributed by atoms with E-state index in [1.807, 2.05) is 4.90 Å². The molecule has 2 rings (SSSR count). The summed E-state index contributed by atoms with van der Waals surface area (Å²) in [6.07, 6.45) is 3.34. The number of hydrogen-bond donors (Lipinski definition) is 2. The van der Waals surface area contributed by atoms with Crippen molar-refractivity contribution in [3.8, 4) is 0 Å². The first kappa shape index (κ1) is 14.3. The largest absolute Gasteiger partial charge is 0.480 e. The van der Waals surface area contributed by atoms with E-state index in [4.69, 9.17) is 0 Å². The third kappa shape index (κ3) is 3.08. The van der Waals surface area contributed by atoms with E-state index in [1.165, 1.54) is 0 Å². The molecule has 0 bridgehead atoms. The van der Waals surface area contributed by atoms with Gasteiger partial charge in [-0.15, -0.1) is 0 Å². The van der Waals surface area contributed by atoms with Gasteiger partial charge in [-0.1, -0.05) is 13.8 Å². The topological polar surface area (TPSA) is 69.6 Å². The van der Waals surface area contributed by atoms with E-state index in [0.717, 1.165) is 25.9 Å². The molecule has 1 saturated heterocycles. The Labute approximate surface area is 114 Å². The number of likely N-dealkylation sites (tertiary alicyclic amines) is 1. The van der Waals surface area contributed by atoms with Gasteiger partial charge in [0.05, 0.1) is 6.54 Å². The summed E-state index contributed by atoms with van der Waals surface area (Å²) < 4.78 is 0. The van der Waals surface area contributed by atoms with Crippen molar-refractivity contribution < 1.29 is 14.7 Å². The van der Waals surface area contributed by atoms with Crippen LogP contribution in [0, 0.1) is 11.8 Å². The zero-order valence-corrected chi connectivity index (χ0v) is 11.8. The molecule has 2 atom stereocenters. The van der Waals surface area contributed by atoms with Gasteiger partial charge in [-0.3, -0.25) is 14.9 Å². The van der Waals surface area contributed by atoms with Crippen LogP contribution in [0.15, 0.2) is 0 Å². The van der Waals surface area contributed by atoms with Crippen LogP contribution in [-0.2, 0) is 9.59 Å². The molecule has 0 aromatic rings. The summed E-state index contributed by atoms with van der Waals surface area (Å²) in [7, 11) is 0. The van der Waals surface area contributed by atoms with Gasteiger partial charge in [-0.2, -0.15) is 0 Å². The molecule has 1 amide bonds. The molecule has 0 radical (unpaired) electrons. The van der Waals surface area contributed by atoms with E-state index in [-0.39, 0.29) is 12.5 Å². The Hall–Kier alpha value is -1.10. The Morgan fingerprint density at radius 2 is 1.84 bits per heavy atom. The van der Waals surface area contributed by atoms with E-state index in [2.05, 4.69) is 19.2 Å². The maximum absolute atomic E-state index is 12.2. The van der Waals surface area contributed by atoms with Crippen molar-refractivity contribution in [2.45, 2.75) is 45.1 Å². The van der Waals surface area contributed by atoms with Crippen LogP contribution in [0.25, 0.3) is 0 Å². The number of nitrogens with one attached hydrogen (secondary N) is 1. The maximum atomic E-state index is 12.2. The summed E-state index contributed by atoms with van der Waals surface area (Å²) in [5.41, 5.74) is -0.845. The molecular weight excluding hydrogens is 244 g/mol. The van der Waals surface area contributed by atoms with E-state index in [9.17, 15) is 14.7 Å². The van der Waals surface area contributed by atoms with Gasteiger partial charge in [-0.25, -0.2) is 0 Å². The first-order chi connectivity index (χ1) is 8.93. The predicted octanol–water partition coefficient (Wildman–Crippen LogP) is 1.09. The average molecular weight is 268 g/mol. The number of carboxylic acid groups (broad SMARTS) is 1. The lowest BCUT2D eigenvalue weighted by molar-refractivity contribution is -0.149. The lowest BCUT2D eigenvalue weighted by Gasteiger charge is -2.40. The van der Waals surface area contributed by atoms with Gasteiger partial charge < -0.3 is 10.0 Å². The number of carboxylic acids is 1. The van der Waals surface area contributed by atoms with Crippen LogP contribution in [0.2, 0.25) is 0 Å².